The first-order valence-electron chi connectivity index (χ1n) is 7.93. The summed E-state index contributed by atoms with van der Waals surface area (Å²) in [7, 11) is 1.51. The van der Waals surface area contributed by atoms with Crippen molar-refractivity contribution >= 4 is 40.3 Å². The predicted molar refractivity (Wildman–Crippen MR) is 102 cm³/mol. The first-order chi connectivity index (χ1) is 13.3. The Morgan fingerprint density at radius 3 is 2.25 bits per heavy atom. The van der Waals surface area contributed by atoms with Crippen LogP contribution < -0.4 is 21.1 Å². The Labute approximate surface area is 163 Å². The lowest BCUT2D eigenvalue weighted by Crippen LogP contribution is -2.07. The Morgan fingerprint density at radius 1 is 1.00 bits per heavy atom. The van der Waals surface area contributed by atoms with Gasteiger partial charge in [0.05, 0.1) is 18.4 Å². The molecule has 0 fully saturated rings. The standard InChI is InChI=1S/C18H15ClF3N5O/c1-28-14-7-4-11(19)8-13(14)27-17-15(23)16(24-9-25-17)26-12-5-2-10(3-6-12)18(20,21)22/h2-9H,23H2,1H3,(H2,24,25,26,27). The number of methoxy groups -OCH3 is 1. The molecule has 28 heavy (non-hydrogen) atoms. The Bertz CT molecular complexity index is 980. The highest BCUT2D eigenvalue weighted by Crippen LogP contribution is 2.34. The fourth-order valence-electron chi connectivity index (χ4n) is 2.38. The molecule has 0 amide bonds. The number of nitrogen functional groups attached to an aromatic ring is 1. The maximum atomic E-state index is 12.7. The highest BCUT2D eigenvalue weighted by Gasteiger charge is 2.30. The number of anilines is 5. The summed E-state index contributed by atoms with van der Waals surface area (Å²) in [5.74, 6) is 1.04. The Kier molecular flexibility index (Phi) is 5.46. The monoisotopic (exact) mass is 409 g/mol. The van der Waals surface area contributed by atoms with Crippen LogP contribution >= 0.6 is 11.6 Å². The molecule has 0 unspecified atom stereocenters. The molecule has 1 heterocycles. The summed E-state index contributed by atoms with van der Waals surface area (Å²) in [6.45, 7) is 0. The van der Waals surface area contributed by atoms with Gasteiger partial charge in [-0.15, -0.1) is 0 Å². The molecule has 0 aliphatic carbocycles. The highest BCUT2D eigenvalue weighted by atomic mass is 35.5. The van der Waals surface area contributed by atoms with Gasteiger partial charge in [0.2, 0.25) is 0 Å². The molecule has 2 aromatic carbocycles. The summed E-state index contributed by atoms with van der Waals surface area (Å²) < 4.78 is 43.3. The molecule has 0 radical (unpaired) electrons. The zero-order valence-electron chi connectivity index (χ0n) is 14.5. The minimum atomic E-state index is -4.40. The van der Waals surface area contributed by atoms with Gasteiger partial charge in [-0.3, -0.25) is 0 Å². The smallest absolute Gasteiger partial charge is 0.416 e. The van der Waals surface area contributed by atoms with Crippen LogP contribution in [0.15, 0.2) is 48.8 Å². The fraction of sp³-hybridized carbons (Fsp3) is 0.111. The minimum absolute atomic E-state index is 0.171. The number of nitrogens with two attached hydrogens (primary N) is 1. The normalized spacial score (nSPS) is 11.2. The van der Waals surface area contributed by atoms with Gasteiger partial charge in [-0.25, -0.2) is 9.97 Å². The van der Waals surface area contributed by atoms with E-state index in [-0.39, 0.29) is 17.3 Å². The van der Waals surface area contributed by atoms with Crippen molar-refractivity contribution in [1.29, 1.82) is 0 Å². The van der Waals surface area contributed by atoms with Crippen LogP contribution in [-0.2, 0) is 6.18 Å². The molecule has 0 saturated carbocycles. The van der Waals surface area contributed by atoms with E-state index in [4.69, 9.17) is 22.1 Å². The van der Waals surface area contributed by atoms with Crippen molar-refractivity contribution in [3.8, 4) is 5.75 Å². The van der Waals surface area contributed by atoms with E-state index >= 15 is 0 Å². The second kappa shape index (κ2) is 7.81. The van der Waals surface area contributed by atoms with Gasteiger partial charge in [0.25, 0.3) is 0 Å². The van der Waals surface area contributed by atoms with Crippen molar-refractivity contribution < 1.29 is 17.9 Å². The number of ether oxygens (including phenoxy) is 1. The van der Waals surface area contributed by atoms with E-state index in [1.807, 2.05) is 0 Å². The van der Waals surface area contributed by atoms with E-state index < -0.39 is 11.7 Å². The first-order valence-corrected chi connectivity index (χ1v) is 8.31. The molecule has 0 spiro atoms. The van der Waals surface area contributed by atoms with Crippen molar-refractivity contribution in [3.05, 3.63) is 59.4 Å². The lowest BCUT2D eigenvalue weighted by molar-refractivity contribution is -0.137. The fourth-order valence-corrected chi connectivity index (χ4v) is 2.55. The summed E-state index contributed by atoms with van der Waals surface area (Å²) in [6.07, 6.45) is -3.14. The number of alkyl halides is 3. The van der Waals surface area contributed by atoms with E-state index in [2.05, 4.69) is 20.6 Å². The van der Waals surface area contributed by atoms with E-state index in [1.54, 1.807) is 18.2 Å². The van der Waals surface area contributed by atoms with Crippen molar-refractivity contribution in [3.63, 3.8) is 0 Å². The molecule has 10 heteroatoms. The summed E-state index contributed by atoms with van der Waals surface area (Å²) in [4.78, 5) is 8.13. The van der Waals surface area contributed by atoms with Gasteiger partial charge in [-0.1, -0.05) is 11.6 Å². The van der Waals surface area contributed by atoms with Crippen molar-refractivity contribution in [2.24, 2.45) is 0 Å². The molecule has 1 aromatic heterocycles. The summed E-state index contributed by atoms with van der Waals surface area (Å²) >= 11 is 6.01. The lowest BCUT2D eigenvalue weighted by atomic mass is 10.2. The highest BCUT2D eigenvalue weighted by molar-refractivity contribution is 6.31. The summed E-state index contributed by atoms with van der Waals surface area (Å²) in [5.41, 5.74) is 6.46. The molecule has 0 aliphatic heterocycles. The van der Waals surface area contributed by atoms with Gasteiger partial charge in [-0.05, 0) is 42.5 Å². The zero-order chi connectivity index (χ0) is 20.3. The van der Waals surface area contributed by atoms with Crippen molar-refractivity contribution in [2.45, 2.75) is 6.18 Å². The molecule has 0 atom stereocenters. The quantitative estimate of drug-likeness (QED) is 0.535. The Balaban J connectivity index is 1.85. The second-order valence-electron chi connectivity index (χ2n) is 5.65. The van der Waals surface area contributed by atoms with Gasteiger partial charge < -0.3 is 21.1 Å². The van der Waals surface area contributed by atoms with Crippen molar-refractivity contribution in [1.82, 2.24) is 9.97 Å². The van der Waals surface area contributed by atoms with Gasteiger partial charge in [0, 0.05) is 10.7 Å². The largest absolute Gasteiger partial charge is 0.495 e. The van der Waals surface area contributed by atoms with Crippen LogP contribution in [-0.4, -0.2) is 17.1 Å². The third-order valence-corrected chi connectivity index (χ3v) is 4.01. The molecule has 0 bridgehead atoms. The van der Waals surface area contributed by atoms with Crippen LogP contribution in [0, 0.1) is 0 Å². The average Bonchev–Trinajstić information content (AvgIpc) is 2.65. The number of nitrogens with one attached hydrogen (secondary N) is 2. The van der Waals surface area contributed by atoms with Crippen LogP contribution in [0.2, 0.25) is 5.02 Å². The average molecular weight is 410 g/mol. The third-order valence-electron chi connectivity index (χ3n) is 3.77. The van der Waals surface area contributed by atoms with E-state index in [0.29, 0.717) is 22.1 Å². The number of hydrogen-bond donors (Lipinski definition) is 3. The SMILES string of the molecule is COc1ccc(Cl)cc1Nc1ncnc(Nc2ccc(C(F)(F)F)cc2)c1N. The van der Waals surface area contributed by atoms with Crippen LogP contribution in [0.1, 0.15) is 5.56 Å². The number of halogens is 4. The topological polar surface area (TPSA) is 85.1 Å². The van der Waals surface area contributed by atoms with E-state index in [1.165, 1.54) is 25.6 Å². The van der Waals surface area contributed by atoms with E-state index in [0.717, 1.165) is 12.1 Å². The molecule has 0 saturated heterocycles. The molecular weight excluding hydrogens is 395 g/mol. The maximum Gasteiger partial charge on any atom is 0.416 e. The Hall–Kier alpha value is -3.20. The van der Waals surface area contributed by atoms with Gasteiger partial charge in [0.15, 0.2) is 11.6 Å². The maximum absolute atomic E-state index is 12.7. The van der Waals surface area contributed by atoms with E-state index in [9.17, 15) is 13.2 Å². The zero-order valence-corrected chi connectivity index (χ0v) is 15.3. The molecular formula is C18H15ClF3N5O. The minimum Gasteiger partial charge on any atom is -0.495 e. The molecule has 4 N–H and O–H groups in total. The lowest BCUT2D eigenvalue weighted by Gasteiger charge is -2.15. The molecule has 3 rings (SSSR count). The number of aromatic nitrogens is 2. The number of hydrogen-bond acceptors (Lipinski definition) is 6. The molecule has 3 aromatic rings. The predicted octanol–water partition coefficient (Wildman–Crippen LogP) is 5.23. The molecule has 0 aliphatic rings. The number of benzene rings is 2. The van der Waals surface area contributed by atoms with Crippen LogP contribution in [0.3, 0.4) is 0 Å². The second-order valence-corrected chi connectivity index (χ2v) is 6.09. The number of nitrogens with zero attached hydrogens (tertiary/aromatic N) is 2. The van der Waals surface area contributed by atoms with Crippen LogP contribution in [0.4, 0.5) is 41.9 Å². The molecule has 6 nitrogen and oxygen atoms in total. The van der Waals surface area contributed by atoms with Gasteiger partial charge in [0.1, 0.15) is 17.8 Å². The van der Waals surface area contributed by atoms with Crippen molar-refractivity contribution in [2.75, 3.05) is 23.5 Å². The summed E-state index contributed by atoms with van der Waals surface area (Å²) in [6, 6.07) is 9.52. The number of rotatable bonds is 5. The molecule has 146 valence electrons. The van der Waals surface area contributed by atoms with Gasteiger partial charge in [-0.2, -0.15) is 13.2 Å². The van der Waals surface area contributed by atoms with Gasteiger partial charge >= 0.3 is 6.18 Å². The Morgan fingerprint density at radius 2 is 1.64 bits per heavy atom. The van der Waals surface area contributed by atoms with Crippen LogP contribution in [0.5, 0.6) is 5.75 Å². The third kappa shape index (κ3) is 4.37. The van der Waals surface area contributed by atoms with Crippen LogP contribution in [0.25, 0.3) is 0 Å². The first kappa shape index (κ1) is 19.6. The summed E-state index contributed by atoms with van der Waals surface area (Å²) in [5, 5.41) is 6.37.